The Kier molecular flexibility index (Phi) is 7.22. The van der Waals surface area contributed by atoms with Gasteiger partial charge in [0, 0.05) is 37.4 Å². The summed E-state index contributed by atoms with van der Waals surface area (Å²) < 4.78 is 5.53. The minimum Gasteiger partial charge on any atom is -0.394 e. The van der Waals surface area contributed by atoms with Crippen molar-refractivity contribution >= 4 is 5.82 Å². The largest absolute Gasteiger partial charge is 0.394 e. The number of anilines is 1. The third-order valence-electron chi connectivity index (χ3n) is 6.10. The predicted molar refractivity (Wildman–Crippen MR) is 128 cm³/mol. The number of nitrogens with one attached hydrogen (secondary N) is 1. The maximum absolute atomic E-state index is 9.80. The number of nitrogens with zero attached hydrogens (tertiary/aromatic N) is 5. The van der Waals surface area contributed by atoms with E-state index in [2.05, 4.69) is 44.4 Å². The van der Waals surface area contributed by atoms with Gasteiger partial charge in [-0.1, -0.05) is 17.3 Å². The first-order chi connectivity index (χ1) is 16.4. The fourth-order valence-electron chi connectivity index (χ4n) is 4.34. The van der Waals surface area contributed by atoms with Crippen LogP contribution < -0.4 is 5.32 Å². The summed E-state index contributed by atoms with van der Waals surface area (Å²) in [6, 6.07) is 8.16. The summed E-state index contributed by atoms with van der Waals surface area (Å²) >= 11 is 0. The van der Waals surface area contributed by atoms with Gasteiger partial charge in [0.2, 0.25) is 5.82 Å². The second-order valence-electron chi connectivity index (χ2n) is 8.97. The van der Waals surface area contributed by atoms with E-state index in [0.717, 1.165) is 37.1 Å². The van der Waals surface area contributed by atoms with Gasteiger partial charge < -0.3 is 25.0 Å². The summed E-state index contributed by atoms with van der Waals surface area (Å²) in [6.07, 6.45) is 2.63. The van der Waals surface area contributed by atoms with E-state index in [1.807, 2.05) is 19.9 Å². The summed E-state index contributed by atoms with van der Waals surface area (Å²) in [5, 5.41) is 35.8. The molecule has 0 amide bonds. The lowest BCUT2D eigenvalue weighted by atomic mass is 9.93. The van der Waals surface area contributed by atoms with Gasteiger partial charge >= 0.3 is 0 Å². The van der Waals surface area contributed by atoms with Crippen LogP contribution in [0.2, 0.25) is 0 Å². The molecule has 2 aromatic heterocycles. The second kappa shape index (κ2) is 10.3. The van der Waals surface area contributed by atoms with Crippen LogP contribution in [0.5, 0.6) is 0 Å². The number of benzene rings is 1. The molecular weight excluding hydrogens is 432 g/mol. The fraction of sp³-hybridized carbons (Fsp3) is 0.440. The fourth-order valence-corrected chi connectivity index (χ4v) is 4.34. The molecule has 0 fully saturated rings. The average Bonchev–Trinajstić information content (AvgIpc) is 3.22. The van der Waals surface area contributed by atoms with Crippen LogP contribution >= 0.6 is 0 Å². The van der Waals surface area contributed by atoms with Crippen molar-refractivity contribution in [2.45, 2.75) is 45.8 Å². The first-order valence-corrected chi connectivity index (χ1v) is 11.5. The molecule has 0 radical (unpaired) electrons. The molecule has 34 heavy (non-hydrogen) atoms. The van der Waals surface area contributed by atoms with Crippen molar-refractivity contribution in [3.8, 4) is 28.9 Å². The molecule has 3 heterocycles. The highest BCUT2D eigenvalue weighted by Crippen LogP contribution is 2.30. The highest BCUT2D eigenvalue weighted by atomic mass is 16.5. The van der Waals surface area contributed by atoms with Gasteiger partial charge in [-0.25, -0.2) is 4.98 Å². The number of nitriles is 1. The zero-order valence-corrected chi connectivity index (χ0v) is 19.7. The zero-order valence-electron chi connectivity index (χ0n) is 19.7. The van der Waals surface area contributed by atoms with E-state index in [-0.39, 0.29) is 12.6 Å². The third kappa shape index (κ3) is 5.09. The Hall–Kier alpha value is -3.32. The number of hydrogen-bond acceptors (Lipinski definition) is 9. The molecule has 0 saturated heterocycles. The number of aliphatic hydroxyl groups excluding tert-OH is 2. The smallest absolute Gasteiger partial charge is 0.259 e. The highest BCUT2D eigenvalue weighted by molar-refractivity contribution is 5.67. The first-order valence-electron chi connectivity index (χ1n) is 11.5. The molecule has 1 unspecified atom stereocenters. The molecule has 178 valence electrons. The van der Waals surface area contributed by atoms with Crippen molar-refractivity contribution in [2.24, 2.45) is 0 Å². The Morgan fingerprint density at radius 3 is 2.79 bits per heavy atom. The summed E-state index contributed by atoms with van der Waals surface area (Å²) in [4.78, 5) is 11.1. The van der Waals surface area contributed by atoms with Gasteiger partial charge in [-0.3, -0.25) is 0 Å². The third-order valence-corrected chi connectivity index (χ3v) is 6.10. The van der Waals surface area contributed by atoms with E-state index in [0.29, 0.717) is 35.2 Å². The van der Waals surface area contributed by atoms with Crippen LogP contribution in [0.25, 0.3) is 22.8 Å². The van der Waals surface area contributed by atoms with E-state index >= 15 is 0 Å². The molecule has 9 nitrogen and oxygen atoms in total. The molecule has 0 saturated carbocycles. The molecule has 1 aromatic carbocycles. The van der Waals surface area contributed by atoms with Gasteiger partial charge in [-0.15, -0.1) is 0 Å². The maximum Gasteiger partial charge on any atom is 0.259 e. The van der Waals surface area contributed by atoms with Crippen molar-refractivity contribution in [3.63, 3.8) is 0 Å². The van der Waals surface area contributed by atoms with Crippen molar-refractivity contribution in [1.82, 2.24) is 20.0 Å². The summed E-state index contributed by atoms with van der Waals surface area (Å²) in [6.45, 7) is 7.93. The molecule has 0 bridgehead atoms. The van der Waals surface area contributed by atoms with E-state index in [1.165, 1.54) is 11.1 Å². The second-order valence-corrected chi connectivity index (χ2v) is 8.97. The standard InChI is InChI=1S/C25H30N6O3/c1-15(2)28-23-18(11-26)10-19(12-27-23)25-29-24(30-34-25)22-5-4-17-6-8-31(13-20(33)14-32)9-7-21(17)16(22)3/h4-5,10,12,15,20,32-33H,6-9,13-14H2,1-3H3,(H,27,28). The van der Waals surface area contributed by atoms with Gasteiger partial charge in [0.15, 0.2) is 0 Å². The molecular formula is C25H30N6O3. The van der Waals surface area contributed by atoms with Crippen LogP contribution in [0.4, 0.5) is 5.82 Å². The lowest BCUT2D eigenvalue weighted by Gasteiger charge is -2.21. The molecule has 3 N–H and O–H groups in total. The van der Waals surface area contributed by atoms with Gasteiger partial charge in [-0.05, 0) is 56.4 Å². The number of pyridine rings is 1. The Bertz CT molecular complexity index is 1200. The quantitative estimate of drug-likeness (QED) is 0.485. The van der Waals surface area contributed by atoms with Crippen molar-refractivity contribution in [1.29, 1.82) is 5.26 Å². The molecule has 4 rings (SSSR count). The average molecular weight is 463 g/mol. The Balaban J connectivity index is 1.58. The number of hydrogen-bond donors (Lipinski definition) is 3. The molecule has 9 heteroatoms. The van der Waals surface area contributed by atoms with Crippen LogP contribution in [0.15, 0.2) is 28.9 Å². The van der Waals surface area contributed by atoms with Crippen molar-refractivity contribution in [3.05, 3.63) is 46.6 Å². The molecule has 0 aliphatic carbocycles. The molecule has 3 aromatic rings. The topological polar surface area (TPSA) is 131 Å². The van der Waals surface area contributed by atoms with Crippen LogP contribution in [-0.4, -0.2) is 68.6 Å². The van der Waals surface area contributed by atoms with Gasteiger partial charge in [0.05, 0.1) is 23.8 Å². The highest BCUT2D eigenvalue weighted by Gasteiger charge is 2.21. The zero-order chi connectivity index (χ0) is 24.2. The number of fused-ring (bicyclic) bond motifs is 1. The van der Waals surface area contributed by atoms with Gasteiger partial charge in [0.25, 0.3) is 5.89 Å². The minimum absolute atomic E-state index is 0.156. The van der Waals surface area contributed by atoms with E-state index < -0.39 is 6.10 Å². The number of aliphatic hydroxyl groups is 2. The lowest BCUT2D eigenvalue weighted by molar-refractivity contribution is 0.0604. The van der Waals surface area contributed by atoms with Gasteiger partial charge in [0.1, 0.15) is 11.9 Å². The van der Waals surface area contributed by atoms with E-state index in [1.54, 1.807) is 12.3 Å². The molecule has 1 atom stereocenters. The van der Waals surface area contributed by atoms with Gasteiger partial charge in [-0.2, -0.15) is 10.2 Å². The SMILES string of the molecule is Cc1c(-c2noc(-c3cnc(NC(C)C)c(C#N)c3)n2)ccc2c1CCN(CC(O)CO)CC2. The Labute approximate surface area is 199 Å². The summed E-state index contributed by atoms with van der Waals surface area (Å²) in [5.41, 5.74) is 5.58. The molecule has 0 spiro atoms. The van der Waals surface area contributed by atoms with Crippen molar-refractivity contribution < 1.29 is 14.7 Å². The van der Waals surface area contributed by atoms with Crippen molar-refractivity contribution in [2.75, 3.05) is 31.6 Å². The first kappa shape index (κ1) is 23.8. The molecule has 1 aliphatic heterocycles. The molecule has 1 aliphatic rings. The Morgan fingerprint density at radius 1 is 1.26 bits per heavy atom. The van der Waals surface area contributed by atoms with E-state index in [9.17, 15) is 10.4 Å². The maximum atomic E-state index is 9.80. The predicted octanol–water partition coefficient (Wildman–Crippen LogP) is 2.55. The van der Waals surface area contributed by atoms with Crippen LogP contribution in [0.3, 0.4) is 0 Å². The minimum atomic E-state index is -0.720. The number of aromatic nitrogens is 3. The normalized spacial score (nSPS) is 15.0. The summed E-state index contributed by atoms with van der Waals surface area (Å²) in [7, 11) is 0. The Morgan fingerprint density at radius 2 is 2.06 bits per heavy atom. The lowest BCUT2D eigenvalue weighted by Crippen LogP contribution is -2.36. The monoisotopic (exact) mass is 462 g/mol. The number of β-amino-alcohol motifs (C(OH)–C–C–N with tert-alkyl or cyclic N) is 1. The van der Waals surface area contributed by atoms with E-state index in [4.69, 9.17) is 9.63 Å². The summed E-state index contributed by atoms with van der Waals surface area (Å²) in [5.74, 6) is 1.34. The van der Waals surface area contributed by atoms with Crippen LogP contribution in [0, 0.1) is 18.3 Å². The van der Waals surface area contributed by atoms with Crippen LogP contribution in [0.1, 0.15) is 36.1 Å². The van der Waals surface area contributed by atoms with Crippen LogP contribution in [-0.2, 0) is 12.8 Å². The number of rotatable bonds is 7.